The number of quaternary nitrogens is 2. The van der Waals surface area contributed by atoms with Gasteiger partial charge < -0.3 is 15.1 Å². The average Bonchev–Trinajstić information content (AvgIpc) is 3.10. The Morgan fingerprint density at radius 3 is 2.57 bits per heavy atom. The molecule has 3 N–H and O–H groups in total. The lowest BCUT2D eigenvalue weighted by atomic mass is 10.1. The van der Waals surface area contributed by atoms with Gasteiger partial charge in [0, 0.05) is 5.56 Å². The van der Waals surface area contributed by atoms with Crippen molar-refractivity contribution in [1.29, 1.82) is 5.26 Å². The van der Waals surface area contributed by atoms with Gasteiger partial charge in [-0.15, -0.1) is 11.3 Å². The second-order valence-electron chi connectivity index (χ2n) is 6.88. The Bertz CT molecular complexity index is 867. The van der Waals surface area contributed by atoms with Crippen molar-refractivity contribution in [2.24, 2.45) is 0 Å². The van der Waals surface area contributed by atoms with E-state index < -0.39 is 11.7 Å². The third-order valence-corrected chi connectivity index (χ3v) is 5.65. The minimum atomic E-state index is -4.32. The van der Waals surface area contributed by atoms with E-state index in [1.807, 2.05) is 6.07 Å². The van der Waals surface area contributed by atoms with Crippen LogP contribution >= 0.6 is 11.3 Å². The number of alkyl halides is 3. The number of carbonyl (C=O) groups excluding carboxylic acids is 1. The highest BCUT2D eigenvalue weighted by Crippen LogP contribution is 2.29. The number of rotatable bonds is 5. The zero-order valence-electron chi connectivity index (χ0n) is 15.1. The molecular formula is C19H21F3N4OS+2. The zero-order chi connectivity index (χ0) is 20.1. The van der Waals surface area contributed by atoms with Crippen molar-refractivity contribution in [2.75, 3.05) is 38.0 Å². The fraction of sp³-hybridized carbons (Fsp3) is 0.368. The number of hydrogen-bond donors (Lipinski definition) is 3. The lowest BCUT2D eigenvalue weighted by Gasteiger charge is -2.29. The van der Waals surface area contributed by atoms with Crippen LogP contribution in [0.15, 0.2) is 35.7 Å². The summed E-state index contributed by atoms with van der Waals surface area (Å²) in [5, 5.41) is 14.1. The quantitative estimate of drug-likeness (QED) is 0.675. The molecule has 1 aliphatic rings. The predicted molar refractivity (Wildman–Crippen MR) is 99.1 cm³/mol. The summed E-state index contributed by atoms with van der Waals surface area (Å²) in [5.41, 5.74) is 0.520. The molecule has 1 aromatic heterocycles. The molecule has 2 heterocycles. The molecule has 0 unspecified atom stereocenters. The second-order valence-corrected chi connectivity index (χ2v) is 7.79. The largest absolute Gasteiger partial charge is 0.416 e. The zero-order valence-corrected chi connectivity index (χ0v) is 15.9. The van der Waals surface area contributed by atoms with Crippen LogP contribution in [0.25, 0.3) is 0 Å². The Hall–Kier alpha value is -2.41. The fourth-order valence-electron chi connectivity index (χ4n) is 3.35. The molecule has 9 heteroatoms. The van der Waals surface area contributed by atoms with Gasteiger partial charge in [-0.05, 0) is 23.6 Å². The van der Waals surface area contributed by atoms with Crippen LogP contribution in [-0.4, -0.2) is 38.6 Å². The monoisotopic (exact) mass is 410 g/mol. The number of halogens is 3. The highest BCUT2D eigenvalue weighted by Gasteiger charge is 2.31. The van der Waals surface area contributed by atoms with Crippen molar-refractivity contribution in [1.82, 2.24) is 0 Å². The minimum Gasteiger partial charge on any atom is -0.322 e. The Morgan fingerprint density at radius 1 is 1.18 bits per heavy atom. The van der Waals surface area contributed by atoms with Gasteiger partial charge in [0.25, 0.3) is 5.91 Å². The summed E-state index contributed by atoms with van der Waals surface area (Å²) in [6, 6.07) is 9.19. The van der Waals surface area contributed by atoms with Crippen LogP contribution in [0.2, 0.25) is 0 Å². The lowest BCUT2D eigenvalue weighted by molar-refractivity contribution is -1.02. The van der Waals surface area contributed by atoms with Crippen molar-refractivity contribution < 1.29 is 27.8 Å². The first kappa shape index (κ1) is 20.3. The first-order valence-electron chi connectivity index (χ1n) is 8.96. The molecule has 0 radical (unpaired) electrons. The van der Waals surface area contributed by atoms with Crippen molar-refractivity contribution in [3.63, 3.8) is 0 Å². The molecular weight excluding hydrogens is 389 g/mol. The molecule has 2 aromatic rings. The molecule has 0 atom stereocenters. The van der Waals surface area contributed by atoms with E-state index in [2.05, 4.69) is 5.32 Å². The molecule has 1 aliphatic heterocycles. The summed E-state index contributed by atoms with van der Waals surface area (Å²) in [5.74, 6) is -0.129. The third kappa shape index (κ3) is 5.32. The van der Waals surface area contributed by atoms with E-state index in [4.69, 9.17) is 5.26 Å². The van der Waals surface area contributed by atoms with E-state index >= 15 is 0 Å². The Kier molecular flexibility index (Phi) is 6.34. The number of benzene rings is 1. The van der Waals surface area contributed by atoms with Gasteiger partial charge in [0.05, 0.1) is 11.1 Å². The maximum Gasteiger partial charge on any atom is 0.416 e. The summed E-state index contributed by atoms with van der Waals surface area (Å²) in [6.07, 6.45) is -4.32. The maximum absolute atomic E-state index is 12.8. The van der Waals surface area contributed by atoms with Crippen molar-refractivity contribution in [3.8, 4) is 6.07 Å². The van der Waals surface area contributed by atoms with Gasteiger partial charge in [0.1, 0.15) is 43.8 Å². The van der Waals surface area contributed by atoms with Gasteiger partial charge >= 0.3 is 6.18 Å². The van der Waals surface area contributed by atoms with Gasteiger partial charge in [-0.1, -0.05) is 12.1 Å². The molecule has 5 nitrogen and oxygen atoms in total. The van der Waals surface area contributed by atoms with E-state index in [0.29, 0.717) is 29.2 Å². The molecule has 1 aromatic carbocycles. The number of anilines is 1. The van der Waals surface area contributed by atoms with Crippen LogP contribution in [0.5, 0.6) is 0 Å². The maximum atomic E-state index is 12.8. The van der Waals surface area contributed by atoms with Crippen molar-refractivity contribution in [3.05, 3.63) is 52.4 Å². The summed E-state index contributed by atoms with van der Waals surface area (Å²) >= 11 is 1.32. The van der Waals surface area contributed by atoms with E-state index in [0.717, 1.165) is 37.1 Å². The topological polar surface area (TPSA) is 61.8 Å². The van der Waals surface area contributed by atoms with Crippen LogP contribution in [0.3, 0.4) is 0 Å². The van der Waals surface area contributed by atoms with Crippen LogP contribution in [-0.2, 0) is 17.5 Å². The number of nitriles is 1. The highest BCUT2D eigenvalue weighted by molar-refractivity contribution is 7.14. The molecule has 0 spiro atoms. The Labute approximate surface area is 165 Å². The van der Waals surface area contributed by atoms with Crippen LogP contribution < -0.4 is 15.1 Å². The number of hydrogen-bond acceptors (Lipinski definition) is 3. The predicted octanol–water partition coefficient (Wildman–Crippen LogP) is 0.561. The summed E-state index contributed by atoms with van der Waals surface area (Å²) in [4.78, 5) is 14.6. The van der Waals surface area contributed by atoms with Crippen molar-refractivity contribution in [2.45, 2.75) is 12.7 Å². The first-order chi connectivity index (χ1) is 13.3. The number of amides is 1. The minimum absolute atomic E-state index is 0.129. The molecule has 3 rings (SSSR count). The Morgan fingerprint density at radius 2 is 1.89 bits per heavy atom. The number of carbonyl (C=O) groups is 1. The number of thiophene rings is 1. The summed E-state index contributed by atoms with van der Waals surface area (Å²) < 4.78 is 38.5. The van der Waals surface area contributed by atoms with Crippen LogP contribution in [0, 0.1) is 11.3 Å². The highest BCUT2D eigenvalue weighted by atomic mass is 32.1. The first-order valence-corrected chi connectivity index (χ1v) is 9.84. The van der Waals surface area contributed by atoms with E-state index in [1.165, 1.54) is 28.4 Å². The molecule has 1 fully saturated rings. The average molecular weight is 410 g/mol. The van der Waals surface area contributed by atoms with Crippen molar-refractivity contribution >= 4 is 22.2 Å². The standard InChI is InChI=1S/C19H19F3N4OS/c20-19(21,22)16-3-1-2-14(10-16)12-25-5-7-26(8-6-25)13-17(27)24-18-15(11-23)4-9-28-18/h1-4,9-10H,5-8,12-13H2,(H,24,27)/p+2. The lowest BCUT2D eigenvalue weighted by Crippen LogP contribution is -3.28. The smallest absolute Gasteiger partial charge is 0.322 e. The number of nitrogens with zero attached hydrogens (tertiary/aromatic N) is 1. The van der Waals surface area contributed by atoms with E-state index in [-0.39, 0.29) is 5.91 Å². The van der Waals surface area contributed by atoms with Crippen LogP contribution in [0.4, 0.5) is 18.2 Å². The van der Waals surface area contributed by atoms with Gasteiger partial charge in [-0.3, -0.25) is 4.79 Å². The van der Waals surface area contributed by atoms with Gasteiger partial charge in [0.2, 0.25) is 0 Å². The number of nitrogens with one attached hydrogen (secondary N) is 3. The second kappa shape index (κ2) is 8.73. The normalized spacial score (nSPS) is 19.8. The molecule has 0 bridgehead atoms. The molecule has 148 valence electrons. The fourth-order valence-corrected chi connectivity index (χ4v) is 4.10. The molecule has 1 amide bonds. The summed E-state index contributed by atoms with van der Waals surface area (Å²) in [7, 11) is 0. The summed E-state index contributed by atoms with van der Waals surface area (Å²) in [6.45, 7) is 4.00. The third-order valence-electron chi connectivity index (χ3n) is 4.82. The number of piperazine rings is 1. The van der Waals surface area contributed by atoms with Crippen LogP contribution in [0.1, 0.15) is 16.7 Å². The van der Waals surface area contributed by atoms with E-state index in [1.54, 1.807) is 17.5 Å². The molecule has 0 saturated carbocycles. The SMILES string of the molecule is N#Cc1ccsc1NC(=O)C[NH+]1CC[NH+](Cc2cccc(C(F)(F)F)c2)CC1. The van der Waals surface area contributed by atoms with Gasteiger partial charge in [-0.25, -0.2) is 0 Å². The molecule has 28 heavy (non-hydrogen) atoms. The van der Waals surface area contributed by atoms with Gasteiger partial charge in [-0.2, -0.15) is 18.4 Å². The Balaban J connectivity index is 1.47. The molecule has 0 aliphatic carbocycles. The van der Waals surface area contributed by atoms with E-state index in [9.17, 15) is 18.0 Å². The molecule has 1 saturated heterocycles. The van der Waals surface area contributed by atoms with Gasteiger partial charge in [0.15, 0.2) is 6.54 Å².